The molecule has 3 aromatic heterocycles. The van der Waals surface area contributed by atoms with Crippen molar-refractivity contribution in [3.63, 3.8) is 0 Å². The molecule has 0 radical (unpaired) electrons. The molecule has 254 valence electrons. The second kappa shape index (κ2) is 11.6. The standard InChI is InChI=1S/C49H32N4O/c1-3-34-36-21-9-11-24-39(36)52(33-18-5-4-6-19-33)42(34)29-30(2)46-48-47(37-22-10-12-26-43(37)54-48)51-49(50-46)53-40-25-14-17-32-16-13-23-38(44(32)40)45-35-20-8-7-15-31(35)27-28-41(45)53/h3-29H,1H2,2H3/b30-29+. The van der Waals surface area contributed by atoms with Crippen LogP contribution in [0.25, 0.3) is 89.1 Å². The van der Waals surface area contributed by atoms with E-state index in [2.05, 4.69) is 156 Å². The summed E-state index contributed by atoms with van der Waals surface area (Å²) < 4.78 is 8.95. The van der Waals surface area contributed by atoms with E-state index in [0.717, 1.165) is 67.0 Å². The van der Waals surface area contributed by atoms with Gasteiger partial charge >= 0.3 is 0 Å². The Kier molecular flexibility index (Phi) is 6.55. The molecule has 5 nitrogen and oxygen atoms in total. The third-order valence-corrected chi connectivity index (χ3v) is 10.8. The van der Waals surface area contributed by atoms with Crippen LogP contribution in [0.5, 0.6) is 0 Å². The summed E-state index contributed by atoms with van der Waals surface area (Å²) in [7, 11) is 0. The highest BCUT2D eigenvalue weighted by Gasteiger charge is 2.30. The number of nitrogens with zero attached hydrogens (tertiary/aromatic N) is 4. The average Bonchev–Trinajstić information content (AvgIpc) is 3.75. The summed E-state index contributed by atoms with van der Waals surface area (Å²) in [6.45, 7) is 6.39. The summed E-state index contributed by atoms with van der Waals surface area (Å²) in [6.07, 6.45) is 4.17. The van der Waals surface area contributed by atoms with Crippen LogP contribution in [0, 0.1) is 0 Å². The van der Waals surface area contributed by atoms with Crippen molar-refractivity contribution < 1.29 is 4.42 Å². The first-order chi connectivity index (χ1) is 26.7. The van der Waals surface area contributed by atoms with Crippen molar-refractivity contribution in [1.29, 1.82) is 0 Å². The SMILES string of the molecule is C=Cc1c(/C=C(\C)c2nc(N3c4ccc5ccccc5c4-c4cccc5cccc3c45)nc3c2oc2ccccc23)n(-c2ccccc2)c2ccccc12. The van der Waals surface area contributed by atoms with E-state index in [1.807, 2.05) is 30.3 Å². The first kappa shape index (κ1) is 30.4. The second-order valence-electron chi connectivity index (χ2n) is 13.9. The number of allylic oxidation sites excluding steroid dienone is 1. The van der Waals surface area contributed by atoms with E-state index in [4.69, 9.17) is 14.4 Å². The largest absolute Gasteiger partial charge is 0.452 e. The Morgan fingerprint density at radius 2 is 1.37 bits per heavy atom. The number of para-hydroxylation sites is 3. The van der Waals surface area contributed by atoms with Crippen molar-refractivity contribution in [3.05, 3.63) is 175 Å². The molecule has 0 atom stereocenters. The first-order valence-corrected chi connectivity index (χ1v) is 18.2. The van der Waals surface area contributed by atoms with Crippen LogP contribution in [0.1, 0.15) is 23.9 Å². The van der Waals surface area contributed by atoms with E-state index in [0.29, 0.717) is 11.5 Å². The molecule has 1 aliphatic heterocycles. The molecule has 4 heterocycles. The fraction of sp³-hybridized carbons (Fsp3) is 0.0204. The number of benzene rings is 7. The fourth-order valence-electron chi connectivity index (χ4n) is 8.51. The van der Waals surface area contributed by atoms with E-state index in [-0.39, 0.29) is 0 Å². The number of rotatable bonds is 5. The van der Waals surface area contributed by atoms with Gasteiger partial charge < -0.3 is 8.98 Å². The van der Waals surface area contributed by atoms with Gasteiger partial charge in [-0.1, -0.05) is 122 Å². The maximum Gasteiger partial charge on any atom is 0.236 e. The van der Waals surface area contributed by atoms with E-state index in [1.54, 1.807) is 0 Å². The van der Waals surface area contributed by atoms with Gasteiger partial charge in [0.05, 0.1) is 22.6 Å². The van der Waals surface area contributed by atoms with Crippen molar-refractivity contribution in [2.24, 2.45) is 0 Å². The smallest absolute Gasteiger partial charge is 0.236 e. The van der Waals surface area contributed by atoms with E-state index in [1.165, 1.54) is 32.7 Å². The molecule has 0 saturated carbocycles. The Morgan fingerprint density at radius 3 is 2.22 bits per heavy atom. The zero-order valence-corrected chi connectivity index (χ0v) is 29.5. The minimum absolute atomic E-state index is 0.586. The third kappa shape index (κ3) is 4.33. The lowest BCUT2D eigenvalue weighted by atomic mass is 9.88. The van der Waals surface area contributed by atoms with Crippen molar-refractivity contribution >= 4 is 89.6 Å². The molecule has 7 aromatic carbocycles. The highest BCUT2D eigenvalue weighted by atomic mass is 16.3. The number of fused-ring (bicyclic) bond motifs is 8. The highest BCUT2D eigenvalue weighted by Crippen LogP contribution is 2.53. The Hall–Kier alpha value is -7.24. The predicted octanol–water partition coefficient (Wildman–Crippen LogP) is 13.3. The Bertz CT molecular complexity index is 3200. The van der Waals surface area contributed by atoms with Crippen LogP contribution in [0.2, 0.25) is 0 Å². The topological polar surface area (TPSA) is 47.1 Å². The molecule has 0 amide bonds. The molecule has 10 aromatic rings. The summed E-state index contributed by atoms with van der Waals surface area (Å²) in [6, 6.07) is 53.2. The molecule has 1 aliphatic rings. The second-order valence-corrected chi connectivity index (χ2v) is 13.9. The average molecular weight is 693 g/mol. The van der Waals surface area contributed by atoms with Crippen molar-refractivity contribution in [2.75, 3.05) is 4.90 Å². The van der Waals surface area contributed by atoms with E-state index in [9.17, 15) is 0 Å². The van der Waals surface area contributed by atoms with Gasteiger partial charge in [0.2, 0.25) is 5.95 Å². The molecule has 54 heavy (non-hydrogen) atoms. The minimum Gasteiger partial charge on any atom is -0.452 e. The molecule has 0 unspecified atom stereocenters. The van der Waals surface area contributed by atoms with Crippen LogP contribution in [0.3, 0.4) is 0 Å². The van der Waals surface area contributed by atoms with Crippen molar-refractivity contribution in [3.8, 4) is 16.8 Å². The summed E-state index contributed by atoms with van der Waals surface area (Å²) in [5, 5.41) is 6.82. The zero-order valence-electron chi connectivity index (χ0n) is 29.5. The van der Waals surface area contributed by atoms with Gasteiger partial charge in [-0.2, -0.15) is 0 Å². The van der Waals surface area contributed by atoms with E-state index >= 15 is 0 Å². The van der Waals surface area contributed by atoms with Gasteiger partial charge in [0.25, 0.3) is 0 Å². The van der Waals surface area contributed by atoms with Crippen LogP contribution in [0.4, 0.5) is 17.3 Å². The van der Waals surface area contributed by atoms with Gasteiger partial charge in [-0.05, 0) is 82.8 Å². The maximum absolute atomic E-state index is 6.64. The van der Waals surface area contributed by atoms with Crippen LogP contribution >= 0.6 is 0 Å². The fourth-order valence-corrected chi connectivity index (χ4v) is 8.51. The highest BCUT2D eigenvalue weighted by molar-refractivity contribution is 6.19. The number of hydrogen-bond acceptors (Lipinski definition) is 4. The zero-order chi connectivity index (χ0) is 35.9. The number of hydrogen-bond donors (Lipinski definition) is 0. The third-order valence-electron chi connectivity index (χ3n) is 10.8. The number of aromatic nitrogens is 3. The van der Waals surface area contributed by atoms with Gasteiger partial charge in [-0.25, -0.2) is 9.97 Å². The van der Waals surface area contributed by atoms with Crippen LogP contribution < -0.4 is 4.90 Å². The lowest BCUT2D eigenvalue weighted by Crippen LogP contribution is -2.18. The molecule has 0 bridgehead atoms. The van der Waals surface area contributed by atoms with E-state index < -0.39 is 0 Å². The Labute approximate surface area is 311 Å². The van der Waals surface area contributed by atoms with Gasteiger partial charge in [0.1, 0.15) is 16.8 Å². The molecule has 0 aliphatic carbocycles. The molecule has 0 saturated heterocycles. The molecule has 0 fully saturated rings. The van der Waals surface area contributed by atoms with Crippen LogP contribution in [-0.2, 0) is 0 Å². The predicted molar refractivity (Wildman–Crippen MR) is 225 cm³/mol. The lowest BCUT2D eigenvalue weighted by Gasteiger charge is -2.32. The summed E-state index contributed by atoms with van der Waals surface area (Å²) in [5.74, 6) is 0.586. The summed E-state index contributed by atoms with van der Waals surface area (Å²) in [4.78, 5) is 13.1. The van der Waals surface area contributed by atoms with Gasteiger partial charge in [-0.3, -0.25) is 4.90 Å². The van der Waals surface area contributed by atoms with Crippen molar-refractivity contribution in [1.82, 2.24) is 14.5 Å². The number of furan rings is 1. The summed E-state index contributed by atoms with van der Waals surface area (Å²) in [5.41, 5.74) is 12.6. The Morgan fingerprint density at radius 1 is 0.648 bits per heavy atom. The van der Waals surface area contributed by atoms with Gasteiger partial charge in [0, 0.05) is 33.0 Å². The molecular formula is C49H32N4O. The Balaban J connectivity index is 1.22. The number of anilines is 3. The molecule has 0 N–H and O–H groups in total. The van der Waals surface area contributed by atoms with Crippen LogP contribution in [-0.4, -0.2) is 14.5 Å². The molecule has 0 spiro atoms. The van der Waals surface area contributed by atoms with Gasteiger partial charge in [0.15, 0.2) is 5.58 Å². The first-order valence-electron chi connectivity index (χ1n) is 18.2. The monoisotopic (exact) mass is 692 g/mol. The van der Waals surface area contributed by atoms with Crippen molar-refractivity contribution in [2.45, 2.75) is 6.92 Å². The summed E-state index contributed by atoms with van der Waals surface area (Å²) >= 11 is 0. The minimum atomic E-state index is 0.586. The van der Waals surface area contributed by atoms with Crippen LogP contribution in [0.15, 0.2) is 163 Å². The lowest BCUT2D eigenvalue weighted by molar-refractivity contribution is 0.664. The maximum atomic E-state index is 6.64. The molecule has 5 heteroatoms. The quantitative estimate of drug-likeness (QED) is 0.180. The van der Waals surface area contributed by atoms with Gasteiger partial charge in [-0.15, -0.1) is 0 Å². The normalized spacial score (nSPS) is 12.7. The molecule has 11 rings (SSSR count). The molecular weight excluding hydrogens is 661 g/mol.